The van der Waals surface area contributed by atoms with Crippen molar-refractivity contribution in [1.82, 2.24) is 4.98 Å². The Labute approximate surface area is 197 Å². The van der Waals surface area contributed by atoms with E-state index < -0.39 is 38.3 Å². The van der Waals surface area contributed by atoms with Crippen LogP contribution in [0, 0.1) is 11.3 Å². The van der Waals surface area contributed by atoms with Gasteiger partial charge in [-0.25, -0.2) is 8.42 Å². The second-order valence-electron chi connectivity index (χ2n) is 8.64. The van der Waals surface area contributed by atoms with Gasteiger partial charge in [0.2, 0.25) is 0 Å². The third-order valence-electron chi connectivity index (χ3n) is 6.92. The van der Waals surface area contributed by atoms with Crippen LogP contribution in [0.25, 0.3) is 0 Å². The first-order valence-electron chi connectivity index (χ1n) is 10.6. The zero-order valence-corrected chi connectivity index (χ0v) is 19.2. The first kappa shape index (κ1) is 22.3. The smallest absolute Gasteiger partial charge is 0.178 e. The molecule has 5 rings (SSSR count). The molecule has 2 heterocycles. The summed E-state index contributed by atoms with van der Waals surface area (Å²) in [5, 5.41) is 32.0. The highest BCUT2D eigenvalue weighted by atomic mass is 32.2. The van der Waals surface area contributed by atoms with E-state index in [1.54, 1.807) is 54.6 Å². The van der Waals surface area contributed by atoms with Gasteiger partial charge < -0.3 is 19.7 Å². The lowest BCUT2D eigenvalue weighted by Gasteiger charge is -2.40. The number of ether oxygens (including phenoxy) is 2. The third-order valence-corrected chi connectivity index (χ3v) is 8.44. The molecular formula is C25H22N2O6S. The molecule has 0 spiro atoms. The van der Waals surface area contributed by atoms with Gasteiger partial charge in [-0.05, 0) is 23.3 Å². The highest BCUT2D eigenvalue weighted by Gasteiger charge is 2.78. The van der Waals surface area contributed by atoms with Gasteiger partial charge in [0.05, 0.1) is 42.6 Å². The van der Waals surface area contributed by atoms with E-state index in [1.165, 1.54) is 19.5 Å². The molecular weight excluding hydrogens is 456 g/mol. The molecule has 1 saturated carbocycles. The Balaban J connectivity index is 1.91. The largest absolute Gasteiger partial charge is 0.495 e. The maximum absolute atomic E-state index is 13.1. The minimum absolute atomic E-state index is 0.133. The van der Waals surface area contributed by atoms with E-state index in [1.807, 2.05) is 0 Å². The van der Waals surface area contributed by atoms with Crippen LogP contribution in [0.5, 0.6) is 11.5 Å². The normalized spacial score (nSPS) is 29.6. The van der Waals surface area contributed by atoms with E-state index in [0.717, 1.165) is 6.26 Å². The number of pyridine rings is 1. The predicted octanol–water partition coefficient (Wildman–Crippen LogP) is 2.01. The van der Waals surface area contributed by atoms with Crippen LogP contribution in [0.1, 0.15) is 28.2 Å². The van der Waals surface area contributed by atoms with Crippen molar-refractivity contribution >= 4 is 9.84 Å². The van der Waals surface area contributed by atoms with Crippen LogP contribution in [-0.4, -0.2) is 48.3 Å². The molecule has 2 aliphatic rings. The van der Waals surface area contributed by atoms with Crippen LogP contribution >= 0.6 is 0 Å². The molecule has 2 aromatic carbocycles. The fraction of sp³-hybridized carbons (Fsp3) is 0.280. The highest BCUT2D eigenvalue weighted by Crippen LogP contribution is 2.68. The molecule has 174 valence electrons. The van der Waals surface area contributed by atoms with Crippen molar-refractivity contribution in [3.05, 3.63) is 89.2 Å². The SMILES string of the molecule is COc1cncc2c1[C@]1(O)[C@H](O)[C@H](S(C)(=O)=O)[C@@H](c3ccccc3)C1(c1ccc(C#N)cc1)O2. The number of nitrogens with zero attached hydrogens (tertiary/aromatic N) is 2. The van der Waals surface area contributed by atoms with Gasteiger partial charge in [0, 0.05) is 6.26 Å². The maximum Gasteiger partial charge on any atom is 0.178 e. The number of methoxy groups -OCH3 is 1. The number of aliphatic hydroxyl groups is 2. The Morgan fingerprint density at radius 1 is 1.12 bits per heavy atom. The molecule has 2 N–H and O–H groups in total. The number of hydrogen-bond acceptors (Lipinski definition) is 8. The summed E-state index contributed by atoms with van der Waals surface area (Å²) in [6.07, 6.45) is 2.07. The number of sulfone groups is 1. The molecule has 5 atom stereocenters. The first-order valence-corrected chi connectivity index (χ1v) is 12.5. The van der Waals surface area contributed by atoms with Crippen LogP contribution in [0.3, 0.4) is 0 Å². The fourth-order valence-corrected chi connectivity index (χ4v) is 7.11. The van der Waals surface area contributed by atoms with Gasteiger partial charge in [-0.1, -0.05) is 42.5 Å². The number of benzene rings is 2. The maximum atomic E-state index is 13.1. The van der Waals surface area contributed by atoms with E-state index >= 15 is 0 Å². The molecule has 8 nitrogen and oxygen atoms in total. The third kappa shape index (κ3) is 2.76. The topological polar surface area (TPSA) is 130 Å². The summed E-state index contributed by atoms with van der Waals surface area (Å²) in [4.78, 5) is 4.12. The van der Waals surface area contributed by atoms with Crippen LogP contribution in [0.4, 0.5) is 0 Å². The van der Waals surface area contributed by atoms with Crippen molar-refractivity contribution in [2.24, 2.45) is 0 Å². The molecule has 1 fully saturated rings. The van der Waals surface area contributed by atoms with Crippen molar-refractivity contribution in [2.75, 3.05) is 13.4 Å². The van der Waals surface area contributed by atoms with Gasteiger partial charge in [-0.3, -0.25) is 4.98 Å². The van der Waals surface area contributed by atoms with Crippen molar-refractivity contribution in [2.45, 2.75) is 28.5 Å². The summed E-state index contributed by atoms with van der Waals surface area (Å²) < 4.78 is 38.2. The van der Waals surface area contributed by atoms with Crippen molar-refractivity contribution in [3.63, 3.8) is 0 Å². The number of aromatic nitrogens is 1. The van der Waals surface area contributed by atoms with Crippen LogP contribution in [0.2, 0.25) is 0 Å². The summed E-state index contributed by atoms with van der Waals surface area (Å²) in [6, 6.07) is 17.2. The van der Waals surface area contributed by atoms with Crippen LogP contribution in [0.15, 0.2) is 67.0 Å². The lowest BCUT2D eigenvalue weighted by molar-refractivity contribution is -0.149. The van der Waals surface area contributed by atoms with E-state index in [2.05, 4.69) is 11.1 Å². The summed E-state index contributed by atoms with van der Waals surface area (Å²) in [5.41, 5.74) is -2.47. The molecule has 0 radical (unpaired) electrons. The highest BCUT2D eigenvalue weighted by molar-refractivity contribution is 7.91. The molecule has 9 heteroatoms. The van der Waals surface area contributed by atoms with E-state index in [-0.39, 0.29) is 17.1 Å². The Bertz CT molecular complexity index is 1400. The van der Waals surface area contributed by atoms with Crippen molar-refractivity contribution < 1.29 is 28.1 Å². The quantitative estimate of drug-likeness (QED) is 0.583. The lowest BCUT2D eigenvalue weighted by atomic mass is 9.71. The number of hydrogen-bond donors (Lipinski definition) is 2. The van der Waals surface area contributed by atoms with E-state index in [9.17, 15) is 23.9 Å². The molecule has 0 amide bonds. The van der Waals surface area contributed by atoms with Gasteiger partial charge in [-0.2, -0.15) is 5.26 Å². The van der Waals surface area contributed by atoms with Gasteiger partial charge in [-0.15, -0.1) is 0 Å². The zero-order chi connectivity index (χ0) is 24.3. The second kappa shape index (κ2) is 7.53. The van der Waals surface area contributed by atoms with E-state index in [0.29, 0.717) is 16.7 Å². The van der Waals surface area contributed by atoms with Gasteiger partial charge in [0.15, 0.2) is 21.0 Å². The summed E-state index contributed by atoms with van der Waals surface area (Å²) in [6.45, 7) is 0. The molecule has 1 aromatic heterocycles. The molecule has 3 aromatic rings. The second-order valence-corrected chi connectivity index (χ2v) is 10.8. The van der Waals surface area contributed by atoms with Crippen LogP contribution < -0.4 is 9.47 Å². The van der Waals surface area contributed by atoms with Crippen molar-refractivity contribution in [1.29, 1.82) is 5.26 Å². The Morgan fingerprint density at radius 3 is 2.38 bits per heavy atom. The minimum Gasteiger partial charge on any atom is -0.495 e. The Morgan fingerprint density at radius 2 is 1.79 bits per heavy atom. The number of fused-ring (bicyclic) bond motifs is 3. The number of rotatable bonds is 4. The average Bonchev–Trinajstić information content (AvgIpc) is 3.22. The van der Waals surface area contributed by atoms with Crippen LogP contribution in [-0.2, 0) is 21.0 Å². The minimum atomic E-state index is -3.91. The Hall–Kier alpha value is -3.45. The van der Waals surface area contributed by atoms with Crippen molar-refractivity contribution in [3.8, 4) is 17.6 Å². The molecule has 0 saturated heterocycles. The average molecular weight is 479 g/mol. The molecule has 34 heavy (non-hydrogen) atoms. The Kier molecular flexibility index (Phi) is 4.95. The standard InChI is InChI=1S/C25H22N2O6S/c1-32-18-13-27-14-19-21(18)24(29)23(28)22(34(2,30)31)20(16-6-4-3-5-7-16)25(24,33-19)17-10-8-15(12-26)9-11-17/h3-11,13-14,20,22-23,28-29H,1-2H3/t20-,22-,23-,24+,25?/m1/s1. The lowest BCUT2D eigenvalue weighted by Crippen LogP contribution is -2.52. The van der Waals surface area contributed by atoms with Gasteiger partial charge in [0.25, 0.3) is 0 Å². The fourth-order valence-electron chi connectivity index (χ4n) is 5.60. The molecule has 1 unspecified atom stereocenters. The van der Waals surface area contributed by atoms with Gasteiger partial charge in [0.1, 0.15) is 22.9 Å². The summed E-state index contributed by atoms with van der Waals surface area (Å²) in [7, 11) is -2.51. The molecule has 1 aliphatic heterocycles. The molecule has 0 bridgehead atoms. The number of nitriles is 1. The predicted molar refractivity (Wildman–Crippen MR) is 122 cm³/mol. The zero-order valence-electron chi connectivity index (χ0n) is 18.4. The number of aliphatic hydroxyl groups excluding tert-OH is 1. The summed E-state index contributed by atoms with van der Waals surface area (Å²) >= 11 is 0. The first-order chi connectivity index (χ1) is 16.2. The van der Waals surface area contributed by atoms with Gasteiger partial charge >= 0.3 is 0 Å². The monoisotopic (exact) mass is 478 g/mol. The van der Waals surface area contributed by atoms with E-state index in [4.69, 9.17) is 9.47 Å². The summed E-state index contributed by atoms with van der Waals surface area (Å²) in [5.74, 6) is -0.664. The molecule has 1 aliphatic carbocycles.